The van der Waals surface area contributed by atoms with Crippen LogP contribution in [-0.4, -0.2) is 20.4 Å². The highest BCUT2D eigenvalue weighted by Crippen LogP contribution is 2.15. The van der Waals surface area contributed by atoms with Gasteiger partial charge in [0.25, 0.3) is 0 Å². The van der Waals surface area contributed by atoms with Gasteiger partial charge < -0.3 is 10.1 Å². The van der Waals surface area contributed by atoms with Crippen LogP contribution in [0, 0.1) is 5.82 Å². The molecule has 1 rings (SSSR count). The summed E-state index contributed by atoms with van der Waals surface area (Å²) < 4.78 is 18.0. The average molecular weight is 269 g/mol. The topological polar surface area (TPSA) is 33.6 Å². The van der Waals surface area contributed by atoms with Crippen LogP contribution in [0.3, 0.4) is 0 Å². The maximum absolute atomic E-state index is 12.9. The van der Waals surface area contributed by atoms with Gasteiger partial charge in [-0.2, -0.15) is 0 Å². The summed E-state index contributed by atoms with van der Waals surface area (Å²) in [5, 5.41) is 2.88. The molecule has 0 radical (unpaired) electrons. The van der Waals surface area contributed by atoms with Crippen molar-refractivity contribution in [3.05, 3.63) is 58.8 Å². The van der Waals surface area contributed by atoms with Crippen molar-refractivity contribution in [2.75, 3.05) is 14.2 Å². The van der Waals surface area contributed by atoms with Crippen LogP contribution in [-0.2, 0) is 4.74 Å². The van der Waals surface area contributed by atoms with Gasteiger partial charge in [0.1, 0.15) is 5.82 Å². The predicted octanol–water partition coefficient (Wildman–Crippen LogP) is 3.12. The summed E-state index contributed by atoms with van der Waals surface area (Å²) in [6, 6.07) is 4.35. The first-order valence-electron chi connectivity index (χ1n) is 5.18. The molecule has 1 aromatic carbocycles. The molecule has 1 N–H and O–H groups in total. The lowest BCUT2D eigenvalue weighted by Gasteiger charge is -2.04. The van der Waals surface area contributed by atoms with Gasteiger partial charge in [-0.15, -0.1) is 0 Å². The van der Waals surface area contributed by atoms with Crippen LogP contribution in [0.25, 0.3) is 0 Å². The lowest BCUT2D eigenvalue weighted by Crippen LogP contribution is -1.99. The Morgan fingerprint density at radius 2 is 2.28 bits per heavy atom. The molecule has 0 aliphatic rings. The van der Waals surface area contributed by atoms with Crippen LogP contribution >= 0.6 is 11.6 Å². The summed E-state index contributed by atoms with van der Waals surface area (Å²) in [6.45, 7) is 3.76. The zero-order valence-corrected chi connectivity index (χ0v) is 11.0. The molecule has 5 heteroatoms. The lowest BCUT2D eigenvalue weighted by molar-refractivity contribution is 0.298. The largest absolute Gasteiger partial charge is 0.493 e. The van der Waals surface area contributed by atoms with Gasteiger partial charge in [0.2, 0.25) is 0 Å². The summed E-state index contributed by atoms with van der Waals surface area (Å²) in [5.74, 6) is 0.0576. The first-order valence-corrected chi connectivity index (χ1v) is 5.56. The molecular weight excluding hydrogens is 255 g/mol. The third kappa shape index (κ3) is 3.89. The average Bonchev–Trinajstić information content (AvgIpc) is 2.37. The summed E-state index contributed by atoms with van der Waals surface area (Å²) in [6.07, 6.45) is 3.17. The van der Waals surface area contributed by atoms with E-state index in [1.807, 2.05) is 0 Å². The minimum Gasteiger partial charge on any atom is -0.493 e. The van der Waals surface area contributed by atoms with E-state index >= 15 is 0 Å². The number of hydrogen-bond acceptors (Lipinski definition) is 3. The number of methoxy groups -OCH3 is 1. The molecule has 0 saturated carbocycles. The Kier molecular flexibility index (Phi) is 5.39. The van der Waals surface area contributed by atoms with Crippen molar-refractivity contribution in [2.24, 2.45) is 4.99 Å². The van der Waals surface area contributed by atoms with Crippen molar-refractivity contribution in [3.8, 4) is 0 Å². The fourth-order valence-electron chi connectivity index (χ4n) is 1.20. The van der Waals surface area contributed by atoms with Crippen molar-refractivity contribution in [3.63, 3.8) is 0 Å². The molecule has 3 nitrogen and oxygen atoms in total. The summed E-state index contributed by atoms with van der Waals surface area (Å²) in [7, 11) is 3.27. The lowest BCUT2D eigenvalue weighted by atomic mass is 10.2. The summed E-state index contributed by atoms with van der Waals surface area (Å²) >= 11 is 5.66. The van der Waals surface area contributed by atoms with Gasteiger partial charge in [-0.3, -0.25) is 4.99 Å². The molecule has 0 fully saturated rings. The number of nitrogens with zero attached hydrogens (tertiary/aromatic N) is 1. The van der Waals surface area contributed by atoms with Gasteiger partial charge >= 0.3 is 0 Å². The highest BCUT2D eigenvalue weighted by atomic mass is 35.5. The van der Waals surface area contributed by atoms with E-state index in [0.29, 0.717) is 17.0 Å². The Labute approximate surface area is 111 Å². The van der Waals surface area contributed by atoms with Crippen LogP contribution in [0.15, 0.2) is 47.4 Å². The van der Waals surface area contributed by atoms with E-state index in [4.69, 9.17) is 16.3 Å². The first-order chi connectivity index (χ1) is 8.58. The second-order valence-corrected chi connectivity index (χ2v) is 3.79. The molecule has 0 atom stereocenters. The molecular formula is C13H14ClFN2O. The van der Waals surface area contributed by atoms with Gasteiger partial charge in [-0.25, -0.2) is 4.39 Å². The second-order valence-electron chi connectivity index (χ2n) is 3.38. The number of nitrogens with one attached hydrogen (secondary N) is 1. The van der Waals surface area contributed by atoms with Gasteiger partial charge in [-0.05, 0) is 17.7 Å². The Morgan fingerprint density at radius 1 is 1.56 bits per heavy atom. The predicted molar refractivity (Wildman–Crippen MR) is 72.3 cm³/mol. The van der Waals surface area contributed by atoms with E-state index in [1.165, 1.54) is 25.5 Å². The summed E-state index contributed by atoms with van der Waals surface area (Å²) in [5.41, 5.74) is 1.13. The molecule has 0 aliphatic carbocycles. The van der Waals surface area contributed by atoms with Gasteiger partial charge in [0.05, 0.1) is 17.8 Å². The molecule has 0 bridgehead atoms. The molecule has 0 heterocycles. The van der Waals surface area contributed by atoms with Crippen molar-refractivity contribution in [1.29, 1.82) is 0 Å². The van der Waals surface area contributed by atoms with Crippen molar-refractivity contribution in [1.82, 2.24) is 5.32 Å². The third-order valence-corrected chi connectivity index (χ3v) is 2.38. The van der Waals surface area contributed by atoms with Gasteiger partial charge in [0, 0.05) is 19.5 Å². The highest BCUT2D eigenvalue weighted by molar-refractivity contribution is 6.31. The molecule has 96 valence electrons. The quantitative estimate of drug-likeness (QED) is 0.506. The van der Waals surface area contributed by atoms with Crippen LogP contribution in [0.4, 0.5) is 4.39 Å². The first kappa shape index (κ1) is 14.3. The molecule has 0 unspecified atom stereocenters. The van der Waals surface area contributed by atoms with E-state index in [9.17, 15) is 4.39 Å². The zero-order chi connectivity index (χ0) is 13.5. The van der Waals surface area contributed by atoms with Crippen LogP contribution in [0.5, 0.6) is 0 Å². The number of rotatable bonds is 5. The molecule has 0 saturated heterocycles. The van der Waals surface area contributed by atoms with E-state index in [1.54, 1.807) is 19.3 Å². The molecule has 0 amide bonds. The Bertz CT molecular complexity index is 498. The Balaban J connectivity index is 2.83. The zero-order valence-electron chi connectivity index (χ0n) is 10.2. The fourth-order valence-corrected chi connectivity index (χ4v) is 1.39. The van der Waals surface area contributed by atoms with Crippen LogP contribution < -0.4 is 5.32 Å². The number of halogens is 2. The normalized spacial score (nSPS) is 11.7. The minimum absolute atomic E-state index is 0.0577. The number of aliphatic imine (C=N–C) groups is 1. The maximum Gasteiger partial charge on any atom is 0.159 e. The number of ether oxygens (including phenoxy) is 1. The van der Waals surface area contributed by atoms with E-state index < -0.39 is 5.82 Å². The van der Waals surface area contributed by atoms with Gasteiger partial charge in [0.15, 0.2) is 5.76 Å². The molecule has 0 aliphatic heterocycles. The van der Waals surface area contributed by atoms with E-state index in [-0.39, 0.29) is 5.02 Å². The molecule has 18 heavy (non-hydrogen) atoms. The maximum atomic E-state index is 12.9. The van der Waals surface area contributed by atoms with E-state index in [0.717, 1.165) is 0 Å². The number of hydrogen-bond donors (Lipinski definition) is 1. The van der Waals surface area contributed by atoms with Crippen LogP contribution in [0.2, 0.25) is 5.02 Å². The third-order valence-electron chi connectivity index (χ3n) is 2.09. The van der Waals surface area contributed by atoms with Crippen LogP contribution in [0.1, 0.15) is 5.56 Å². The monoisotopic (exact) mass is 268 g/mol. The minimum atomic E-state index is -0.458. The SMILES string of the molecule is C=C(N=Cc1ccc(F)c(Cl)c1)/C(=C\NC)OC. The Hall–Kier alpha value is -1.81. The van der Waals surface area contributed by atoms with Crippen molar-refractivity contribution < 1.29 is 9.13 Å². The fraction of sp³-hybridized carbons (Fsp3) is 0.154. The summed E-state index contributed by atoms with van der Waals surface area (Å²) in [4.78, 5) is 4.12. The van der Waals surface area contributed by atoms with Crippen molar-refractivity contribution in [2.45, 2.75) is 0 Å². The molecule has 1 aromatic rings. The Morgan fingerprint density at radius 3 is 2.83 bits per heavy atom. The number of benzene rings is 1. The van der Waals surface area contributed by atoms with Gasteiger partial charge in [-0.1, -0.05) is 24.2 Å². The second kappa shape index (κ2) is 6.81. The smallest absolute Gasteiger partial charge is 0.159 e. The standard InChI is InChI=1S/C13H14ClFN2O/c1-9(13(18-3)8-16-2)17-7-10-4-5-12(15)11(14)6-10/h4-8,16H,1H2,2-3H3/b13-8+,17-7?. The van der Waals surface area contributed by atoms with E-state index in [2.05, 4.69) is 16.9 Å². The van der Waals surface area contributed by atoms with Crippen molar-refractivity contribution >= 4 is 17.8 Å². The molecule has 0 aromatic heterocycles. The highest BCUT2D eigenvalue weighted by Gasteiger charge is 2.01. The molecule has 0 spiro atoms.